The van der Waals surface area contributed by atoms with Gasteiger partial charge in [0.05, 0.1) is 18.2 Å². The Morgan fingerprint density at radius 2 is 2.04 bits per heavy atom. The fourth-order valence-corrected chi connectivity index (χ4v) is 4.11. The standard InChI is InChI=1S/C17H16N2O3S2/c1-3-19-15(20)14-13(8-9-23-14)18-17(19)24-10-11-4-6-12(7-5-11)16(21)22-2/h4-9H,3,10H2,1-2H3. The van der Waals surface area contributed by atoms with Crippen LogP contribution in [-0.2, 0) is 17.0 Å². The van der Waals surface area contributed by atoms with Crippen molar-refractivity contribution < 1.29 is 9.53 Å². The van der Waals surface area contributed by atoms with E-state index in [0.29, 0.717) is 27.7 Å². The lowest BCUT2D eigenvalue weighted by molar-refractivity contribution is 0.0600. The van der Waals surface area contributed by atoms with Gasteiger partial charge < -0.3 is 4.74 Å². The molecule has 2 aromatic heterocycles. The van der Waals surface area contributed by atoms with Crippen molar-refractivity contribution in [2.24, 2.45) is 0 Å². The van der Waals surface area contributed by atoms with Crippen LogP contribution < -0.4 is 5.56 Å². The molecule has 1 aromatic carbocycles. The molecule has 2 heterocycles. The molecule has 0 atom stereocenters. The van der Waals surface area contributed by atoms with Gasteiger partial charge in [-0.2, -0.15) is 0 Å². The Morgan fingerprint density at radius 1 is 1.29 bits per heavy atom. The Bertz CT molecular complexity index is 929. The van der Waals surface area contributed by atoms with Crippen molar-refractivity contribution >= 4 is 39.3 Å². The highest BCUT2D eigenvalue weighted by molar-refractivity contribution is 7.98. The molecule has 7 heteroatoms. The zero-order valence-corrected chi connectivity index (χ0v) is 14.9. The Kier molecular flexibility index (Phi) is 5.01. The monoisotopic (exact) mass is 360 g/mol. The van der Waals surface area contributed by atoms with E-state index in [1.807, 2.05) is 30.5 Å². The molecule has 24 heavy (non-hydrogen) atoms. The van der Waals surface area contributed by atoms with Gasteiger partial charge in [-0.25, -0.2) is 9.78 Å². The first-order chi connectivity index (χ1) is 11.6. The second-order valence-corrected chi connectivity index (χ2v) is 6.91. The maximum Gasteiger partial charge on any atom is 0.337 e. The first kappa shape index (κ1) is 16.7. The third-order valence-electron chi connectivity index (χ3n) is 3.59. The zero-order valence-electron chi connectivity index (χ0n) is 13.3. The molecule has 0 amide bonds. The Balaban J connectivity index is 1.82. The summed E-state index contributed by atoms with van der Waals surface area (Å²) in [6.07, 6.45) is 0. The highest BCUT2D eigenvalue weighted by Gasteiger charge is 2.12. The number of ether oxygens (including phenoxy) is 1. The molecule has 3 rings (SSSR count). The van der Waals surface area contributed by atoms with Gasteiger partial charge in [-0.05, 0) is 36.1 Å². The molecule has 0 saturated carbocycles. The van der Waals surface area contributed by atoms with E-state index in [4.69, 9.17) is 4.74 Å². The summed E-state index contributed by atoms with van der Waals surface area (Å²) < 4.78 is 7.09. The first-order valence-corrected chi connectivity index (χ1v) is 9.28. The minimum absolute atomic E-state index is 0.0149. The van der Waals surface area contributed by atoms with Crippen LogP contribution in [0.2, 0.25) is 0 Å². The van der Waals surface area contributed by atoms with Crippen LogP contribution in [0, 0.1) is 0 Å². The highest BCUT2D eigenvalue weighted by atomic mass is 32.2. The number of thioether (sulfide) groups is 1. The summed E-state index contributed by atoms with van der Waals surface area (Å²) in [6, 6.07) is 9.12. The third-order valence-corrected chi connectivity index (χ3v) is 5.53. The van der Waals surface area contributed by atoms with Crippen molar-refractivity contribution in [3.05, 3.63) is 57.2 Å². The minimum atomic E-state index is -0.349. The number of hydrogen-bond donors (Lipinski definition) is 0. The molecule has 0 unspecified atom stereocenters. The number of hydrogen-bond acceptors (Lipinski definition) is 6. The van der Waals surface area contributed by atoms with Crippen molar-refractivity contribution in [1.82, 2.24) is 9.55 Å². The number of fused-ring (bicyclic) bond motifs is 1. The molecule has 0 bridgehead atoms. The van der Waals surface area contributed by atoms with Gasteiger partial charge in [-0.1, -0.05) is 23.9 Å². The van der Waals surface area contributed by atoms with E-state index in [-0.39, 0.29) is 11.5 Å². The van der Waals surface area contributed by atoms with Gasteiger partial charge in [0.25, 0.3) is 5.56 Å². The van der Waals surface area contributed by atoms with E-state index >= 15 is 0 Å². The number of benzene rings is 1. The molecular weight excluding hydrogens is 344 g/mol. The number of carbonyl (C=O) groups excluding carboxylic acids is 1. The Morgan fingerprint density at radius 3 is 2.71 bits per heavy atom. The maximum absolute atomic E-state index is 12.5. The van der Waals surface area contributed by atoms with E-state index in [0.717, 1.165) is 11.1 Å². The van der Waals surface area contributed by atoms with Crippen molar-refractivity contribution in [2.45, 2.75) is 24.4 Å². The molecule has 0 fully saturated rings. The molecule has 0 radical (unpaired) electrons. The molecular formula is C17H16N2O3S2. The molecule has 0 spiro atoms. The molecule has 5 nitrogen and oxygen atoms in total. The van der Waals surface area contributed by atoms with Gasteiger partial charge >= 0.3 is 5.97 Å². The van der Waals surface area contributed by atoms with Crippen LogP contribution in [0.3, 0.4) is 0 Å². The van der Waals surface area contributed by atoms with Crippen molar-refractivity contribution in [1.29, 1.82) is 0 Å². The molecule has 0 N–H and O–H groups in total. The average molecular weight is 360 g/mol. The summed E-state index contributed by atoms with van der Waals surface area (Å²) >= 11 is 2.94. The number of esters is 1. The number of nitrogens with zero attached hydrogens (tertiary/aromatic N) is 2. The number of carbonyl (C=O) groups is 1. The van der Waals surface area contributed by atoms with E-state index in [2.05, 4.69) is 4.98 Å². The number of rotatable bonds is 5. The van der Waals surface area contributed by atoms with Gasteiger partial charge in [0.1, 0.15) is 4.70 Å². The van der Waals surface area contributed by atoms with Crippen LogP contribution in [0.25, 0.3) is 10.2 Å². The van der Waals surface area contributed by atoms with Gasteiger partial charge in [-0.3, -0.25) is 9.36 Å². The van der Waals surface area contributed by atoms with Crippen LogP contribution in [0.15, 0.2) is 45.7 Å². The summed E-state index contributed by atoms with van der Waals surface area (Å²) in [4.78, 5) is 28.5. The van der Waals surface area contributed by atoms with E-state index in [1.165, 1.54) is 30.2 Å². The van der Waals surface area contributed by atoms with Crippen LogP contribution in [-0.4, -0.2) is 22.6 Å². The second kappa shape index (κ2) is 7.19. The van der Waals surface area contributed by atoms with Gasteiger partial charge in [0.2, 0.25) is 0 Å². The highest BCUT2D eigenvalue weighted by Crippen LogP contribution is 2.24. The van der Waals surface area contributed by atoms with Gasteiger partial charge in [0, 0.05) is 12.3 Å². The zero-order chi connectivity index (χ0) is 17.1. The minimum Gasteiger partial charge on any atom is -0.465 e. The predicted molar refractivity (Wildman–Crippen MR) is 96.9 cm³/mol. The number of thiophene rings is 1. The van der Waals surface area contributed by atoms with Crippen molar-refractivity contribution in [3.8, 4) is 0 Å². The molecule has 3 aromatic rings. The van der Waals surface area contributed by atoms with Crippen LogP contribution in [0.1, 0.15) is 22.8 Å². The number of aromatic nitrogens is 2. The lowest BCUT2D eigenvalue weighted by Crippen LogP contribution is -2.21. The second-order valence-electron chi connectivity index (χ2n) is 5.06. The molecule has 0 saturated heterocycles. The Labute approximate surface area is 147 Å². The first-order valence-electron chi connectivity index (χ1n) is 7.42. The quantitative estimate of drug-likeness (QED) is 0.395. The molecule has 0 aliphatic carbocycles. The molecule has 124 valence electrons. The summed E-state index contributed by atoms with van der Waals surface area (Å²) in [6.45, 7) is 2.53. The van der Waals surface area contributed by atoms with E-state index in [9.17, 15) is 9.59 Å². The molecule has 0 aliphatic rings. The smallest absolute Gasteiger partial charge is 0.337 e. The lowest BCUT2D eigenvalue weighted by atomic mass is 10.1. The lowest BCUT2D eigenvalue weighted by Gasteiger charge is -2.10. The van der Waals surface area contributed by atoms with Gasteiger partial charge in [-0.15, -0.1) is 11.3 Å². The third kappa shape index (κ3) is 3.22. The van der Waals surface area contributed by atoms with Crippen LogP contribution in [0.5, 0.6) is 0 Å². The Hall–Kier alpha value is -2.12. The van der Waals surface area contributed by atoms with Gasteiger partial charge in [0.15, 0.2) is 5.16 Å². The van der Waals surface area contributed by atoms with Crippen LogP contribution in [0.4, 0.5) is 0 Å². The fourth-order valence-electron chi connectivity index (χ4n) is 2.32. The summed E-state index contributed by atoms with van der Waals surface area (Å²) in [5.74, 6) is 0.322. The molecule has 0 aliphatic heterocycles. The maximum atomic E-state index is 12.5. The number of methoxy groups -OCH3 is 1. The van der Waals surface area contributed by atoms with Crippen molar-refractivity contribution in [2.75, 3.05) is 7.11 Å². The summed E-state index contributed by atoms with van der Waals surface area (Å²) in [5, 5.41) is 2.60. The normalized spacial score (nSPS) is 10.9. The fraction of sp³-hybridized carbons (Fsp3) is 0.235. The predicted octanol–water partition coefficient (Wildman–Crippen LogP) is 3.56. The largest absolute Gasteiger partial charge is 0.465 e. The topological polar surface area (TPSA) is 61.2 Å². The SMILES string of the molecule is CCn1c(SCc2ccc(C(=O)OC)cc2)nc2ccsc2c1=O. The average Bonchev–Trinajstić information content (AvgIpc) is 3.08. The van der Waals surface area contributed by atoms with Crippen molar-refractivity contribution in [3.63, 3.8) is 0 Å². The van der Waals surface area contributed by atoms with E-state index in [1.54, 1.807) is 16.7 Å². The summed E-state index contributed by atoms with van der Waals surface area (Å²) in [7, 11) is 1.36. The van der Waals surface area contributed by atoms with Crippen LogP contribution >= 0.6 is 23.1 Å². The summed E-state index contributed by atoms with van der Waals surface area (Å²) in [5.41, 5.74) is 2.34. The van der Waals surface area contributed by atoms with E-state index < -0.39 is 0 Å².